The molecule has 0 spiro atoms. The van der Waals surface area contributed by atoms with E-state index in [4.69, 9.17) is 11.2 Å². The summed E-state index contributed by atoms with van der Waals surface area (Å²) in [5.74, 6) is 2.27. The van der Waals surface area contributed by atoms with Gasteiger partial charge < -0.3 is 14.7 Å². The zero-order valence-corrected chi connectivity index (χ0v) is 7.62. The molecule has 4 nitrogen and oxygen atoms in total. The first-order chi connectivity index (χ1) is 6.11. The fourth-order valence-electron chi connectivity index (χ4n) is 1.28. The van der Waals surface area contributed by atoms with Gasteiger partial charge in [-0.25, -0.2) is 4.79 Å². The quantitative estimate of drug-likeness (QED) is 0.591. The van der Waals surface area contributed by atoms with Crippen LogP contribution < -0.4 is 0 Å². The molecule has 0 aromatic carbocycles. The van der Waals surface area contributed by atoms with Crippen LogP contribution in [-0.4, -0.2) is 41.4 Å². The SMILES string of the molecule is C#CC1(O)CCN(C(=O)OCC)C1. The van der Waals surface area contributed by atoms with Crippen LogP contribution in [0.5, 0.6) is 0 Å². The van der Waals surface area contributed by atoms with Crippen molar-refractivity contribution in [2.24, 2.45) is 0 Å². The number of nitrogens with zero attached hydrogens (tertiary/aromatic N) is 1. The second-order valence-electron chi connectivity index (χ2n) is 3.05. The zero-order chi connectivity index (χ0) is 9.90. The molecule has 1 unspecified atom stereocenters. The lowest BCUT2D eigenvalue weighted by Gasteiger charge is -2.17. The first-order valence-electron chi connectivity index (χ1n) is 4.23. The molecule has 1 saturated heterocycles. The fourth-order valence-corrected chi connectivity index (χ4v) is 1.28. The monoisotopic (exact) mass is 183 g/mol. The van der Waals surface area contributed by atoms with E-state index in [-0.39, 0.29) is 6.54 Å². The molecule has 1 aliphatic heterocycles. The average molecular weight is 183 g/mol. The Balaban J connectivity index is 2.51. The van der Waals surface area contributed by atoms with Crippen LogP contribution in [0, 0.1) is 12.3 Å². The third-order valence-electron chi connectivity index (χ3n) is 2.04. The topological polar surface area (TPSA) is 49.8 Å². The van der Waals surface area contributed by atoms with Gasteiger partial charge in [0.25, 0.3) is 0 Å². The normalized spacial score (nSPS) is 27.0. The second-order valence-corrected chi connectivity index (χ2v) is 3.05. The predicted molar refractivity (Wildman–Crippen MR) is 47.0 cm³/mol. The number of amides is 1. The van der Waals surface area contributed by atoms with Gasteiger partial charge in [-0.15, -0.1) is 6.42 Å². The van der Waals surface area contributed by atoms with Crippen LogP contribution >= 0.6 is 0 Å². The Kier molecular flexibility index (Phi) is 2.79. The average Bonchev–Trinajstić information content (AvgIpc) is 2.50. The number of β-amino-alcohol motifs (C(OH)–C–C–N with tert-alkyl or cyclic N) is 1. The molecule has 1 N–H and O–H groups in total. The van der Waals surface area contributed by atoms with Gasteiger partial charge in [-0.3, -0.25) is 0 Å². The Morgan fingerprint density at radius 1 is 1.85 bits per heavy atom. The minimum absolute atomic E-state index is 0.169. The van der Waals surface area contributed by atoms with Gasteiger partial charge in [0.2, 0.25) is 0 Å². The molecule has 0 saturated carbocycles. The van der Waals surface area contributed by atoms with Gasteiger partial charge in [0, 0.05) is 13.0 Å². The van der Waals surface area contributed by atoms with Crippen molar-refractivity contribution >= 4 is 6.09 Å². The number of ether oxygens (including phenoxy) is 1. The van der Waals surface area contributed by atoms with Crippen molar-refractivity contribution in [1.29, 1.82) is 0 Å². The number of carbonyl (C=O) groups is 1. The number of hydrogen-bond acceptors (Lipinski definition) is 3. The van der Waals surface area contributed by atoms with Crippen molar-refractivity contribution < 1.29 is 14.6 Å². The molecule has 1 amide bonds. The summed E-state index contributed by atoms with van der Waals surface area (Å²) in [6.45, 7) is 2.70. The van der Waals surface area contributed by atoms with Crippen LogP contribution in [0.3, 0.4) is 0 Å². The van der Waals surface area contributed by atoms with Crippen LogP contribution in [0.25, 0.3) is 0 Å². The molecule has 13 heavy (non-hydrogen) atoms. The summed E-state index contributed by atoms with van der Waals surface area (Å²) in [7, 11) is 0. The largest absolute Gasteiger partial charge is 0.450 e. The Morgan fingerprint density at radius 2 is 2.54 bits per heavy atom. The van der Waals surface area contributed by atoms with Crippen molar-refractivity contribution in [2.45, 2.75) is 18.9 Å². The van der Waals surface area contributed by atoms with E-state index in [1.165, 1.54) is 4.90 Å². The smallest absolute Gasteiger partial charge is 0.409 e. The van der Waals surface area contributed by atoms with Crippen molar-refractivity contribution in [2.75, 3.05) is 19.7 Å². The summed E-state index contributed by atoms with van der Waals surface area (Å²) in [5, 5.41) is 9.60. The summed E-state index contributed by atoms with van der Waals surface area (Å²) >= 11 is 0. The summed E-state index contributed by atoms with van der Waals surface area (Å²) in [4.78, 5) is 12.6. The molecule has 0 radical (unpaired) electrons. The number of carbonyl (C=O) groups excluding carboxylic acids is 1. The van der Waals surface area contributed by atoms with Crippen LogP contribution in [-0.2, 0) is 4.74 Å². The second kappa shape index (κ2) is 3.67. The number of hydrogen-bond donors (Lipinski definition) is 1. The Bertz CT molecular complexity index is 246. The molecule has 0 bridgehead atoms. The van der Waals surface area contributed by atoms with Crippen molar-refractivity contribution in [3.63, 3.8) is 0 Å². The van der Waals surface area contributed by atoms with Crippen molar-refractivity contribution in [3.05, 3.63) is 0 Å². The van der Waals surface area contributed by atoms with E-state index < -0.39 is 11.7 Å². The van der Waals surface area contributed by atoms with Gasteiger partial charge in [-0.05, 0) is 6.92 Å². The number of rotatable bonds is 1. The molecule has 1 aliphatic rings. The van der Waals surface area contributed by atoms with E-state index in [9.17, 15) is 9.90 Å². The predicted octanol–water partition coefficient (Wildman–Crippen LogP) is 0.213. The molecule has 1 rings (SSSR count). The molecule has 0 aromatic rings. The van der Waals surface area contributed by atoms with E-state index in [2.05, 4.69) is 5.92 Å². The lowest BCUT2D eigenvalue weighted by molar-refractivity contribution is 0.0882. The molecular formula is C9H13NO3. The Hall–Kier alpha value is -1.21. The third-order valence-corrected chi connectivity index (χ3v) is 2.04. The first kappa shape index (κ1) is 9.87. The molecule has 0 aromatic heterocycles. The van der Waals surface area contributed by atoms with Crippen LogP contribution in [0.2, 0.25) is 0 Å². The lowest BCUT2D eigenvalue weighted by atomic mass is 10.1. The standard InChI is InChI=1S/C9H13NO3/c1-3-9(12)5-6-10(7-9)8(11)13-4-2/h1,12H,4-7H2,2H3. The van der Waals surface area contributed by atoms with Crippen molar-refractivity contribution in [1.82, 2.24) is 4.90 Å². The highest BCUT2D eigenvalue weighted by atomic mass is 16.6. The molecule has 1 atom stereocenters. The Morgan fingerprint density at radius 3 is 3.00 bits per heavy atom. The lowest BCUT2D eigenvalue weighted by Crippen LogP contribution is -2.35. The van der Waals surface area contributed by atoms with Crippen LogP contribution in [0.15, 0.2) is 0 Å². The maximum atomic E-state index is 11.2. The van der Waals surface area contributed by atoms with E-state index in [1.54, 1.807) is 6.92 Å². The minimum Gasteiger partial charge on any atom is -0.450 e. The highest BCUT2D eigenvalue weighted by Crippen LogP contribution is 2.20. The van der Waals surface area contributed by atoms with Crippen LogP contribution in [0.1, 0.15) is 13.3 Å². The first-order valence-corrected chi connectivity index (χ1v) is 4.23. The highest BCUT2D eigenvalue weighted by Gasteiger charge is 2.37. The summed E-state index contributed by atoms with van der Waals surface area (Å²) in [5.41, 5.74) is -1.16. The maximum Gasteiger partial charge on any atom is 0.409 e. The molecule has 1 heterocycles. The van der Waals surface area contributed by atoms with E-state index in [1.807, 2.05) is 0 Å². The Labute approximate surface area is 77.5 Å². The molecule has 1 fully saturated rings. The van der Waals surface area contributed by atoms with Crippen LogP contribution in [0.4, 0.5) is 4.79 Å². The number of aliphatic hydroxyl groups is 1. The van der Waals surface area contributed by atoms with Gasteiger partial charge >= 0.3 is 6.09 Å². The molecule has 72 valence electrons. The van der Waals surface area contributed by atoms with Gasteiger partial charge in [0.1, 0.15) is 5.60 Å². The molecule has 4 heteroatoms. The summed E-state index contributed by atoms with van der Waals surface area (Å²) in [6, 6.07) is 0. The van der Waals surface area contributed by atoms with Gasteiger partial charge in [-0.2, -0.15) is 0 Å². The molecular weight excluding hydrogens is 170 g/mol. The maximum absolute atomic E-state index is 11.2. The summed E-state index contributed by atoms with van der Waals surface area (Å²) < 4.78 is 4.77. The fraction of sp³-hybridized carbons (Fsp3) is 0.667. The van der Waals surface area contributed by atoms with Gasteiger partial charge in [0.05, 0.1) is 13.2 Å². The highest BCUT2D eigenvalue weighted by molar-refractivity contribution is 5.68. The van der Waals surface area contributed by atoms with E-state index >= 15 is 0 Å². The van der Waals surface area contributed by atoms with E-state index in [0.29, 0.717) is 19.6 Å². The van der Waals surface area contributed by atoms with Gasteiger partial charge in [-0.1, -0.05) is 5.92 Å². The summed E-state index contributed by atoms with van der Waals surface area (Å²) in [6.07, 6.45) is 5.14. The van der Waals surface area contributed by atoms with Crippen molar-refractivity contribution in [3.8, 4) is 12.3 Å². The van der Waals surface area contributed by atoms with Gasteiger partial charge in [0.15, 0.2) is 0 Å². The number of terminal acetylenes is 1. The number of likely N-dealkylation sites (tertiary alicyclic amines) is 1. The third kappa shape index (κ3) is 2.13. The van der Waals surface area contributed by atoms with E-state index in [0.717, 1.165) is 0 Å². The minimum atomic E-state index is -1.16. The molecule has 0 aliphatic carbocycles. The zero-order valence-electron chi connectivity index (χ0n) is 7.62.